The van der Waals surface area contributed by atoms with E-state index in [1.165, 1.54) is 16.2 Å². The minimum absolute atomic E-state index is 0.0210. The maximum Gasteiger partial charge on any atom is 0.264 e. The molecule has 1 aromatic carbocycles. The lowest BCUT2D eigenvalue weighted by Gasteiger charge is -2.29. The molecule has 4 heterocycles. The predicted molar refractivity (Wildman–Crippen MR) is 113 cm³/mol. The average Bonchev–Trinajstić information content (AvgIpc) is 3.32. The predicted octanol–water partition coefficient (Wildman–Crippen LogP) is 2.07. The second-order valence-corrected chi connectivity index (χ2v) is 8.99. The number of nitrogens with zero attached hydrogens (tertiary/aromatic N) is 3. The molecule has 8 heteroatoms. The van der Waals surface area contributed by atoms with Crippen molar-refractivity contribution in [2.24, 2.45) is 0 Å². The third-order valence-corrected chi connectivity index (χ3v) is 7.31. The van der Waals surface area contributed by atoms with Crippen LogP contribution >= 0.6 is 11.3 Å². The molecule has 156 valence electrons. The second-order valence-electron chi connectivity index (χ2n) is 7.91. The molecule has 1 atom stereocenters. The number of hydrogen-bond acceptors (Lipinski definition) is 5. The highest BCUT2D eigenvalue weighted by Gasteiger charge is 2.39. The van der Waals surface area contributed by atoms with Crippen molar-refractivity contribution >= 4 is 34.1 Å². The third kappa shape index (κ3) is 2.89. The van der Waals surface area contributed by atoms with E-state index in [1.807, 2.05) is 36.1 Å². The number of benzene rings is 1. The van der Waals surface area contributed by atoms with Gasteiger partial charge in [0.15, 0.2) is 6.10 Å². The fourth-order valence-corrected chi connectivity index (χ4v) is 5.93. The SMILES string of the molecule is CCN1C(=O)CN(C)C(=O)c2c1sc1c2CCN(C(=O)C2Cc3ccccc3O2)C1. The number of likely N-dealkylation sites (N-methyl/N-ethyl adjacent to an activating group) is 2. The maximum atomic E-state index is 13.1. The molecule has 3 aliphatic rings. The van der Waals surface area contributed by atoms with Crippen LogP contribution in [0.25, 0.3) is 0 Å². The summed E-state index contributed by atoms with van der Waals surface area (Å²) >= 11 is 1.47. The highest BCUT2D eigenvalue weighted by Crippen LogP contribution is 2.41. The van der Waals surface area contributed by atoms with Crippen LogP contribution in [0.1, 0.15) is 33.3 Å². The Kier molecular flexibility index (Phi) is 4.54. The van der Waals surface area contributed by atoms with Crippen molar-refractivity contribution in [1.82, 2.24) is 9.80 Å². The summed E-state index contributed by atoms with van der Waals surface area (Å²) in [5.74, 6) is 0.575. The summed E-state index contributed by atoms with van der Waals surface area (Å²) in [6.07, 6.45) is 0.696. The molecule has 0 bridgehead atoms. The van der Waals surface area contributed by atoms with E-state index in [-0.39, 0.29) is 24.3 Å². The molecule has 0 radical (unpaired) electrons. The van der Waals surface area contributed by atoms with Crippen LogP contribution in [0.3, 0.4) is 0 Å². The number of amides is 3. The van der Waals surface area contributed by atoms with Crippen molar-refractivity contribution in [3.8, 4) is 5.75 Å². The van der Waals surface area contributed by atoms with Gasteiger partial charge in [-0.05, 0) is 30.5 Å². The standard InChI is InChI=1S/C22H23N3O4S/c1-3-25-18(26)12-23(2)21(28)19-14-8-9-24(11-17(14)30-22(19)25)20(27)16-10-13-6-4-5-7-15(13)29-16/h4-7,16H,3,8-12H2,1-2H3. The lowest BCUT2D eigenvalue weighted by Crippen LogP contribution is -2.43. The first-order valence-corrected chi connectivity index (χ1v) is 11.0. The lowest BCUT2D eigenvalue weighted by atomic mass is 10.0. The zero-order valence-corrected chi connectivity index (χ0v) is 17.8. The van der Waals surface area contributed by atoms with Gasteiger partial charge in [0.05, 0.1) is 12.1 Å². The molecule has 7 nitrogen and oxygen atoms in total. The van der Waals surface area contributed by atoms with Crippen molar-refractivity contribution in [2.45, 2.75) is 32.4 Å². The highest BCUT2D eigenvalue weighted by molar-refractivity contribution is 7.17. The van der Waals surface area contributed by atoms with E-state index in [9.17, 15) is 14.4 Å². The van der Waals surface area contributed by atoms with Crippen LogP contribution in [-0.4, -0.2) is 60.3 Å². The first-order valence-electron chi connectivity index (χ1n) is 10.2. The molecule has 0 saturated carbocycles. The van der Waals surface area contributed by atoms with E-state index in [4.69, 9.17) is 4.74 Å². The van der Waals surface area contributed by atoms with Gasteiger partial charge in [-0.2, -0.15) is 0 Å². The molecule has 0 saturated heterocycles. The Morgan fingerprint density at radius 1 is 1.23 bits per heavy atom. The third-order valence-electron chi connectivity index (χ3n) is 6.07. The van der Waals surface area contributed by atoms with Gasteiger partial charge in [-0.15, -0.1) is 11.3 Å². The number of anilines is 1. The molecule has 1 unspecified atom stereocenters. The van der Waals surface area contributed by atoms with Gasteiger partial charge in [0.2, 0.25) is 5.91 Å². The van der Waals surface area contributed by atoms with Crippen molar-refractivity contribution in [2.75, 3.05) is 31.6 Å². The smallest absolute Gasteiger partial charge is 0.264 e. The van der Waals surface area contributed by atoms with E-state index in [0.29, 0.717) is 38.0 Å². The van der Waals surface area contributed by atoms with Gasteiger partial charge >= 0.3 is 0 Å². The number of carbonyl (C=O) groups is 3. The number of para-hydroxylation sites is 1. The van der Waals surface area contributed by atoms with Gasteiger partial charge in [0, 0.05) is 31.4 Å². The van der Waals surface area contributed by atoms with Gasteiger partial charge < -0.3 is 19.4 Å². The van der Waals surface area contributed by atoms with E-state index < -0.39 is 6.10 Å². The van der Waals surface area contributed by atoms with Crippen LogP contribution in [0.5, 0.6) is 5.75 Å². The number of fused-ring (bicyclic) bond motifs is 4. The van der Waals surface area contributed by atoms with Crippen molar-refractivity contribution < 1.29 is 19.1 Å². The van der Waals surface area contributed by atoms with E-state index in [0.717, 1.165) is 26.8 Å². The Bertz CT molecular complexity index is 1040. The van der Waals surface area contributed by atoms with E-state index in [2.05, 4.69) is 0 Å². The Morgan fingerprint density at radius 3 is 2.80 bits per heavy atom. The van der Waals surface area contributed by atoms with Gasteiger partial charge in [-0.25, -0.2) is 0 Å². The van der Waals surface area contributed by atoms with E-state index in [1.54, 1.807) is 11.9 Å². The zero-order valence-electron chi connectivity index (χ0n) is 17.0. The summed E-state index contributed by atoms with van der Waals surface area (Å²) < 4.78 is 5.89. The van der Waals surface area contributed by atoms with Crippen LogP contribution in [0.15, 0.2) is 24.3 Å². The van der Waals surface area contributed by atoms with Crippen LogP contribution < -0.4 is 9.64 Å². The molecular weight excluding hydrogens is 402 g/mol. The first kappa shape index (κ1) is 19.1. The highest BCUT2D eigenvalue weighted by atomic mass is 32.1. The average molecular weight is 426 g/mol. The summed E-state index contributed by atoms with van der Waals surface area (Å²) in [4.78, 5) is 44.7. The van der Waals surface area contributed by atoms with Gasteiger partial charge in [-0.3, -0.25) is 14.4 Å². The molecule has 0 spiro atoms. The normalized spacial score (nSPS) is 20.5. The van der Waals surface area contributed by atoms with Gasteiger partial charge in [-0.1, -0.05) is 18.2 Å². The molecule has 30 heavy (non-hydrogen) atoms. The number of hydrogen-bond donors (Lipinski definition) is 0. The first-order chi connectivity index (χ1) is 14.5. The Hall–Kier alpha value is -2.87. The number of rotatable bonds is 2. The van der Waals surface area contributed by atoms with Crippen molar-refractivity contribution in [3.63, 3.8) is 0 Å². The molecule has 2 aromatic rings. The van der Waals surface area contributed by atoms with Gasteiger partial charge in [0.25, 0.3) is 11.8 Å². The summed E-state index contributed by atoms with van der Waals surface area (Å²) in [5.41, 5.74) is 2.68. The lowest BCUT2D eigenvalue weighted by molar-refractivity contribution is -0.138. The molecule has 5 rings (SSSR count). The molecule has 3 aliphatic heterocycles. The molecule has 0 N–H and O–H groups in total. The Balaban J connectivity index is 1.42. The topological polar surface area (TPSA) is 70.2 Å². The summed E-state index contributed by atoms with van der Waals surface area (Å²) in [6.45, 7) is 3.52. The van der Waals surface area contributed by atoms with Crippen LogP contribution in [0, 0.1) is 0 Å². The van der Waals surface area contributed by atoms with E-state index >= 15 is 0 Å². The fraction of sp³-hybridized carbons (Fsp3) is 0.409. The summed E-state index contributed by atoms with van der Waals surface area (Å²) in [6, 6.07) is 7.75. The van der Waals surface area contributed by atoms with Crippen LogP contribution in [0.4, 0.5) is 5.00 Å². The molecule has 0 aliphatic carbocycles. The monoisotopic (exact) mass is 425 g/mol. The minimum atomic E-state index is -0.497. The number of thiophene rings is 1. The van der Waals surface area contributed by atoms with Gasteiger partial charge in [0.1, 0.15) is 17.3 Å². The summed E-state index contributed by atoms with van der Waals surface area (Å²) in [5, 5.41) is 0.723. The summed E-state index contributed by atoms with van der Waals surface area (Å²) in [7, 11) is 1.67. The fourth-order valence-electron chi connectivity index (χ4n) is 4.50. The molecule has 1 aromatic heterocycles. The van der Waals surface area contributed by atoms with Crippen molar-refractivity contribution in [1.29, 1.82) is 0 Å². The Morgan fingerprint density at radius 2 is 2.03 bits per heavy atom. The molecule has 3 amide bonds. The zero-order chi connectivity index (χ0) is 21.0. The Labute approximate surface area is 178 Å². The number of carbonyl (C=O) groups excluding carboxylic acids is 3. The van der Waals surface area contributed by atoms with Crippen LogP contribution in [-0.2, 0) is 29.0 Å². The minimum Gasteiger partial charge on any atom is -0.480 e. The maximum absolute atomic E-state index is 13.1. The molecular formula is C22H23N3O4S. The molecule has 0 fully saturated rings. The largest absolute Gasteiger partial charge is 0.480 e. The van der Waals surface area contributed by atoms with Crippen LogP contribution in [0.2, 0.25) is 0 Å². The quantitative estimate of drug-likeness (QED) is 0.739. The van der Waals surface area contributed by atoms with Crippen molar-refractivity contribution in [3.05, 3.63) is 45.8 Å². The second kappa shape index (κ2) is 7.12. The number of ether oxygens (including phenoxy) is 1.